The number of nitrogens with one attached hydrogen (secondary N) is 5. The minimum atomic E-state index is -5.52. The number of aliphatic carboxylic acids is 1. The third-order valence-electron chi connectivity index (χ3n) is 21.2. The van der Waals surface area contributed by atoms with Gasteiger partial charge in [-0.2, -0.15) is 0 Å². The number of carbonyl (C=O) groups is 10. The largest absolute Gasteiger partial charge is 0.477 e. The number of hydrogen-bond donors (Lipinski definition) is 19. The Kier molecular flexibility index (Phi) is 44.0. The molecule has 49 nitrogen and oxygen atoms in total. The van der Waals surface area contributed by atoms with Gasteiger partial charge in [-0.25, -0.2) is 14.0 Å². The second-order valence-corrected chi connectivity index (χ2v) is 31.8. The van der Waals surface area contributed by atoms with Crippen LogP contribution in [0.4, 0.5) is 0 Å². The molecule has 28 atom stereocenters. The van der Waals surface area contributed by atoms with E-state index >= 15 is 0 Å². The van der Waals surface area contributed by atoms with Crippen LogP contribution in [-0.4, -0.2) is 376 Å². The zero-order valence-corrected chi connectivity index (χ0v) is 72.7. The minimum Gasteiger partial charge on any atom is -0.477 e. The Hall–Kier alpha value is -7.71. The average molecular weight is 1860 g/mol. The van der Waals surface area contributed by atoms with Crippen molar-refractivity contribution in [2.75, 3.05) is 59.4 Å². The van der Waals surface area contributed by atoms with Gasteiger partial charge in [-0.15, -0.1) is 5.10 Å². The van der Waals surface area contributed by atoms with E-state index in [0.717, 1.165) is 0 Å². The summed E-state index contributed by atoms with van der Waals surface area (Å²) in [6.07, 6.45) is -44.8. The number of phosphoric acid groups is 1. The number of aliphatic hydroxyl groups is 11. The number of aliphatic hydroxyl groups excluding tert-OH is 11. The molecule has 2 aromatic rings. The van der Waals surface area contributed by atoms with Crippen molar-refractivity contribution in [1.29, 1.82) is 0 Å². The second kappa shape index (κ2) is 52.5. The first-order chi connectivity index (χ1) is 60.9. The lowest BCUT2D eigenvalue weighted by Crippen LogP contribution is -2.71. The van der Waals surface area contributed by atoms with Gasteiger partial charge in [0.05, 0.1) is 96.9 Å². The number of ether oxygens (including phenoxy) is 15. The van der Waals surface area contributed by atoms with Gasteiger partial charge in [0.15, 0.2) is 37.4 Å². The van der Waals surface area contributed by atoms with Gasteiger partial charge in [-0.05, 0) is 24.8 Å². The van der Waals surface area contributed by atoms with Crippen LogP contribution in [-0.2, 0) is 148 Å². The smallest absolute Gasteiger partial charge is 0.470 e. The van der Waals surface area contributed by atoms with E-state index in [-0.39, 0.29) is 96.3 Å². The van der Waals surface area contributed by atoms with Gasteiger partial charge in [-0.1, -0.05) is 90.4 Å². The van der Waals surface area contributed by atoms with Crippen molar-refractivity contribution in [2.24, 2.45) is 0 Å². The maximum Gasteiger partial charge on any atom is 0.470 e. The first kappa shape index (κ1) is 107. The van der Waals surface area contributed by atoms with Crippen molar-refractivity contribution in [3.05, 3.63) is 47.8 Å². The minimum absolute atomic E-state index is 0.0113. The van der Waals surface area contributed by atoms with Crippen LogP contribution < -0.4 is 26.6 Å². The van der Waals surface area contributed by atoms with Gasteiger partial charge < -0.3 is 169 Å². The summed E-state index contributed by atoms with van der Waals surface area (Å²) < 4.78 is 108. The maximum absolute atomic E-state index is 14.2. The van der Waals surface area contributed by atoms with E-state index in [1.165, 1.54) is 31.6 Å². The van der Waals surface area contributed by atoms with Crippen molar-refractivity contribution in [3.8, 4) is 0 Å². The van der Waals surface area contributed by atoms with E-state index < -0.39 is 297 Å². The standard InChI is InChI=1S/C78H123N8O41P/c1-8-15-25-112-67-48(38-115-74-60(83-53(97)30-42(10-3)117-55(99)12-5)71(123-57(101)14-7)68(47(37-90)119-74)127-128(109,110)111)121-73(59(70(67)122-56(100)13-6)82-52(96)29-41(9-2)116-54(98)11-4)113-26-23-79-49(93)21-22-50(94)80-32-40-33-86(85-84-40)24-27-114-75-64(105)63(104)66(46(36-89)120-75)124-76-65(106)72(62(103)45(35-88)118-76)126-78(77(107)108)31-43(91)58(69(125-78)61(102)44(92)34-87)81-51(95)28-39-19-17-16-18-20-39/h16-20,33,41-48,58-76,87-92,102-106H,8-15,21-32,34-38H2,1-7H3,(H,79,93)(H,80,94)(H,81,95)(H,82,96)(H,83,97)(H,107,108)(H2,109,110,111)/t41-,42-,43-,44-,45?,46?,47?,48?,58-,59+,60+,61-,62+,63?,64+,65+,66-,67-,68-,69?,70?,71?,72?,73-,74-,75-,76+,78+/m1/s1. The van der Waals surface area contributed by atoms with Gasteiger partial charge in [0, 0.05) is 58.1 Å². The summed E-state index contributed by atoms with van der Waals surface area (Å²) in [7, 11) is -5.52. The lowest BCUT2D eigenvalue weighted by Gasteiger charge is -2.50. The number of esters is 4. The van der Waals surface area contributed by atoms with E-state index in [4.69, 9.17) is 75.6 Å². The highest BCUT2D eigenvalue weighted by Crippen LogP contribution is 2.44. The summed E-state index contributed by atoms with van der Waals surface area (Å²) in [4.78, 5) is 153. The monoisotopic (exact) mass is 1860 g/mol. The number of hydrogen-bond acceptors (Lipinski definition) is 40. The Labute approximate surface area is 735 Å². The summed E-state index contributed by atoms with van der Waals surface area (Å²) in [5.74, 6) is -11.9. The molecular formula is C78H123N8O41P. The molecule has 0 saturated carbocycles. The Morgan fingerprint density at radius 3 is 1.66 bits per heavy atom. The lowest BCUT2D eigenvalue weighted by atomic mass is 9.88. The van der Waals surface area contributed by atoms with Crippen LogP contribution in [0.5, 0.6) is 0 Å². The van der Waals surface area contributed by atoms with Gasteiger partial charge in [0.2, 0.25) is 29.5 Å². The van der Waals surface area contributed by atoms with Crippen molar-refractivity contribution in [2.45, 2.75) is 323 Å². The van der Waals surface area contributed by atoms with Crippen LogP contribution in [0.1, 0.15) is 143 Å². The fourth-order valence-corrected chi connectivity index (χ4v) is 14.8. The van der Waals surface area contributed by atoms with Gasteiger partial charge >= 0.3 is 37.7 Å². The number of phosphoric ester groups is 1. The van der Waals surface area contributed by atoms with Crippen LogP contribution >= 0.6 is 7.82 Å². The third kappa shape index (κ3) is 31.2. The summed E-state index contributed by atoms with van der Waals surface area (Å²) in [5, 5.41) is 152. The van der Waals surface area contributed by atoms with Crippen LogP contribution in [0.25, 0.3) is 0 Å². The molecule has 5 amide bonds. The van der Waals surface area contributed by atoms with E-state index in [9.17, 15) is 124 Å². The maximum atomic E-state index is 14.2. The Morgan fingerprint density at radius 2 is 1.11 bits per heavy atom. The van der Waals surface area contributed by atoms with Crippen LogP contribution in [0, 0.1) is 0 Å². The van der Waals surface area contributed by atoms with Crippen molar-refractivity contribution in [3.63, 3.8) is 0 Å². The highest BCUT2D eigenvalue weighted by atomic mass is 31.2. The molecule has 0 spiro atoms. The number of carboxylic acids is 1. The molecule has 1 aromatic heterocycles. The predicted molar refractivity (Wildman–Crippen MR) is 425 cm³/mol. The van der Waals surface area contributed by atoms with Gasteiger partial charge in [-0.3, -0.25) is 47.7 Å². The van der Waals surface area contributed by atoms with Crippen LogP contribution in [0.3, 0.4) is 0 Å². The molecule has 5 saturated heterocycles. The van der Waals surface area contributed by atoms with E-state index in [2.05, 4.69) is 36.9 Å². The van der Waals surface area contributed by atoms with Gasteiger partial charge in [0.25, 0.3) is 5.79 Å². The summed E-state index contributed by atoms with van der Waals surface area (Å²) in [6.45, 7) is 4.76. The fraction of sp³-hybridized carbons (Fsp3) is 0.769. The number of rotatable bonds is 52. The third-order valence-corrected chi connectivity index (χ3v) is 21.7. The number of aromatic nitrogens is 3. The summed E-state index contributed by atoms with van der Waals surface area (Å²) in [6, 6.07) is 3.28. The molecule has 50 heteroatoms. The van der Waals surface area contributed by atoms with Crippen LogP contribution in [0.15, 0.2) is 36.5 Å². The first-order valence-corrected chi connectivity index (χ1v) is 43.9. The number of nitrogens with zero attached hydrogens (tertiary/aromatic N) is 3. The number of carbonyl (C=O) groups excluding carboxylic acids is 9. The van der Waals surface area contributed by atoms with Gasteiger partial charge in [0.1, 0.15) is 122 Å². The normalized spacial score (nSPS) is 30.5. The molecule has 5 aliphatic heterocycles. The fourth-order valence-electron chi connectivity index (χ4n) is 14.3. The molecule has 5 fully saturated rings. The number of unbranched alkanes of at least 4 members (excludes halogenated alkanes) is 1. The molecule has 7 rings (SSSR count). The zero-order chi connectivity index (χ0) is 94.3. The van der Waals surface area contributed by atoms with Crippen molar-refractivity contribution < 1.29 is 199 Å². The topological polar surface area (TPSA) is 710 Å². The highest BCUT2D eigenvalue weighted by molar-refractivity contribution is 7.46. The zero-order valence-electron chi connectivity index (χ0n) is 71.8. The quantitative estimate of drug-likeness (QED) is 0.0127. The summed E-state index contributed by atoms with van der Waals surface area (Å²) in [5.41, 5.74) is 0.711. The molecule has 1 aromatic carbocycles. The van der Waals surface area contributed by atoms with Crippen LogP contribution in [0.2, 0.25) is 0 Å². The molecule has 19 N–H and O–H groups in total. The second-order valence-electron chi connectivity index (χ2n) is 30.7. The lowest BCUT2D eigenvalue weighted by molar-refractivity contribution is -0.386. The number of amides is 5. The molecule has 5 aliphatic rings. The Balaban J connectivity index is 0.970. The molecule has 9 unspecified atom stereocenters. The summed E-state index contributed by atoms with van der Waals surface area (Å²) >= 11 is 0. The van der Waals surface area contributed by atoms with E-state index in [1.54, 1.807) is 51.1 Å². The first-order valence-electron chi connectivity index (χ1n) is 42.3. The molecule has 0 bridgehead atoms. The molecule has 6 heterocycles. The number of carboxylic acid groups (broad SMARTS) is 1. The molecule has 0 radical (unpaired) electrons. The SMILES string of the molecule is CCCCO[C@@H]1C(CO[C@@H]2OC(CO)[C@@H](OP(=O)(O)O)C(OC(=O)CC)[C@@H]2NC(=O)C[C@@H](CC)OC(=O)CC)O[C@@H](OCCNC(=O)CCC(=O)NCc2cn(CCO[C@@H]3OC(CO)[C@@H](O[C@@H]4OC(CO)[C@H](O)C(O[C@]5(C(=O)O)C[C@@H](O)[C@@H](NC(=O)Cc6ccccc6)C([C@H](O)[C@H](O)CO)O5)[C@@H]4O)C(O)[C@@H]3O)nn2)[C@@H](NC(=O)C[C@@H](CC)OC(=O)CC)C1OC(=O)CC. The Morgan fingerprint density at radius 1 is 0.570 bits per heavy atom. The van der Waals surface area contributed by atoms with E-state index in [0.29, 0.717) is 18.4 Å². The molecular weight excluding hydrogens is 1740 g/mol. The van der Waals surface area contributed by atoms with E-state index in [1.807, 2.05) is 6.92 Å². The molecule has 0 aliphatic carbocycles. The molecule has 726 valence electrons. The number of benzene rings is 1. The Bertz CT molecular complexity index is 3880. The van der Waals surface area contributed by atoms with Crippen molar-refractivity contribution >= 4 is 67.2 Å². The van der Waals surface area contributed by atoms with Crippen molar-refractivity contribution in [1.82, 2.24) is 41.6 Å². The predicted octanol–water partition coefficient (Wildman–Crippen LogP) is -6.18. The molecule has 128 heavy (non-hydrogen) atoms. The average Bonchev–Trinajstić information content (AvgIpc) is 0.780. The highest BCUT2D eigenvalue weighted by Gasteiger charge is 2.61.